The lowest BCUT2D eigenvalue weighted by Crippen LogP contribution is -2.07. The van der Waals surface area contributed by atoms with E-state index in [1.807, 2.05) is 24.3 Å². The van der Waals surface area contributed by atoms with Crippen LogP contribution in [0.3, 0.4) is 0 Å². The highest BCUT2D eigenvalue weighted by molar-refractivity contribution is 7.90. The largest absolute Gasteiger partial charge is 0.316 e. The number of rotatable bonds is 5. The Kier molecular flexibility index (Phi) is 4.26. The van der Waals surface area contributed by atoms with E-state index in [2.05, 4.69) is 5.48 Å². The molecule has 0 bridgehead atoms. The quantitative estimate of drug-likeness (QED) is 0.731. The summed E-state index contributed by atoms with van der Waals surface area (Å²) in [6, 6.07) is 7.47. The predicted molar refractivity (Wildman–Crippen MR) is 58.5 cm³/mol. The smallest absolute Gasteiger partial charge is 0.147 e. The first-order valence-corrected chi connectivity index (χ1v) is 6.70. The fourth-order valence-corrected chi connectivity index (χ4v) is 1.82. The third kappa shape index (κ3) is 4.92. The molecule has 0 saturated heterocycles. The minimum absolute atomic E-state index is 0.171. The summed E-state index contributed by atoms with van der Waals surface area (Å²) in [6.07, 6.45) is 1.77. The first-order chi connectivity index (χ1) is 7.01. The Morgan fingerprint density at radius 3 is 2.20 bits per heavy atom. The van der Waals surface area contributed by atoms with Gasteiger partial charge >= 0.3 is 0 Å². The van der Waals surface area contributed by atoms with Gasteiger partial charge in [-0.25, -0.2) is 13.9 Å². The van der Waals surface area contributed by atoms with Crippen molar-refractivity contribution in [3.8, 4) is 0 Å². The predicted octanol–water partition coefficient (Wildman–Crippen LogP) is 0.752. The van der Waals surface area contributed by atoms with Crippen molar-refractivity contribution in [3.63, 3.8) is 0 Å². The minimum atomic E-state index is -2.90. The molecule has 2 N–H and O–H groups in total. The fourth-order valence-electron chi connectivity index (χ4n) is 1.22. The Morgan fingerprint density at radius 2 is 1.73 bits per heavy atom. The average Bonchev–Trinajstić information content (AvgIpc) is 2.16. The Morgan fingerprint density at radius 1 is 1.20 bits per heavy atom. The number of hydroxylamine groups is 1. The second-order valence-corrected chi connectivity index (χ2v) is 5.79. The van der Waals surface area contributed by atoms with Gasteiger partial charge < -0.3 is 5.21 Å². The number of aryl methyl sites for hydroxylation is 1. The van der Waals surface area contributed by atoms with Crippen molar-refractivity contribution in [1.82, 2.24) is 5.48 Å². The van der Waals surface area contributed by atoms with E-state index < -0.39 is 9.84 Å². The molecule has 0 saturated carbocycles. The van der Waals surface area contributed by atoms with Gasteiger partial charge in [0.05, 0.1) is 5.75 Å². The van der Waals surface area contributed by atoms with Gasteiger partial charge in [0, 0.05) is 12.8 Å². The van der Waals surface area contributed by atoms with Crippen LogP contribution in [0.15, 0.2) is 24.3 Å². The van der Waals surface area contributed by atoms with Crippen LogP contribution in [0.1, 0.15) is 11.1 Å². The molecule has 0 aromatic heterocycles. The molecule has 0 amide bonds. The fraction of sp³-hybridized carbons (Fsp3) is 0.400. The zero-order chi connectivity index (χ0) is 11.3. The van der Waals surface area contributed by atoms with Gasteiger partial charge in [-0.1, -0.05) is 24.3 Å². The third-order valence-electron chi connectivity index (χ3n) is 2.07. The van der Waals surface area contributed by atoms with Crippen LogP contribution >= 0.6 is 0 Å². The summed E-state index contributed by atoms with van der Waals surface area (Å²) < 4.78 is 21.9. The molecule has 0 aliphatic rings. The summed E-state index contributed by atoms with van der Waals surface area (Å²) in [4.78, 5) is 0. The molecule has 1 rings (SSSR count). The number of benzene rings is 1. The highest BCUT2D eigenvalue weighted by atomic mass is 32.2. The maximum absolute atomic E-state index is 10.9. The van der Waals surface area contributed by atoms with Crippen LogP contribution in [-0.4, -0.2) is 25.6 Å². The first kappa shape index (κ1) is 12.2. The molecule has 1 aromatic rings. The van der Waals surface area contributed by atoms with E-state index in [4.69, 9.17) is 5.21 Å². The van der Waals surface area contributed by atoms with Crippen molar-refractivity contribution in [1.29, 1.82) is 0 Å². The lowest BCUT2D eigenvalue weighted by Gasteiger charge is -2.02. The Bertz CT molecular complexity index is 397. The normalized spacial score (nSPS) is 11.6. The minimum Gasteiger partial charge on any atom is -0.316 e. The molecule has 5 heteroatoms. The summed E-state index contributed by atoms with van der Waals surface area (Å²) in [5, 5.41) is 8.47. The number of nitrogens with one attached hydrogen (secondary N) is 1. The molecular formula is C10H15NO3S. The van der Waals surface area contributed by atoms with Gasteiger partial charge in [0.1, 0.15) is 9.84 Å². The van der Waals surface area contributed by atoms with Crippen LogP contribution < -0.4 is 5.48 Å². The van der Waals surface area contributed by atoms with E-state index in [1.165, 1.54) is 6.26 Å². The zero-order valence-corrected chi connectivity index (χ0v) is 9.42. The summed E-state index contributed by atoms with van der Waals surface area (Å²) in [5.41, 5.74) is 4.01. The van der Waals surface area contributed by atoms with E-state index in [9.17, 15) is 8.42 Å². The molecule has 1 aromatic carbocycles. The molecule has 4 nitrogen and oxygen atoms in total. The van der Waals surface area contributed by atoms with Gasteiger partial charge in [0.2, 0.25) is 0 Å². The lowest BCUT2D eigenvalue weighted by molar-refractivity contribution is 0.161. The maximum Gasteiger partial charge on any atom is 0.147 e. The van der Waals surface area contributed by atoms with Crippen molar-refractivity contribution in [2.45, 2.75) is 13.0 Å². The maximum atomic E-state index is 10.9. The topological polar surface area (TPSA) is 66.4 Å². The number of hydrogen-bond donors (Lipinski definition) is 2. The average molecular weight is 229 g/mol. The molecule has 15 heavy (non-hydrogen) atoms. The summed E-state index contributed by atoms with van der Waals surface area (Å²) >= 11 is 0. The molecular weight excluding hydrogens is 214 g/mol. The highest BCUT2D eigenvalue weighted by Crippen LogP contribution is 2.05. The summed E-state index contributed by atoms with van der Waals surface area (Å²) in [6.45, 7) is 0.395. The van der Waals surface area contributed by atoms with Crippen LogP contribution in [0.4, 0.5) is 0 Å². The highest BCUT2D eigenvalue weighted by Gasteiger charge is 2.02. The van der Waals surface area contributed by atoms with Crippen molar-refractivity contribution in [2.24, 2.45) is 0 Å². The van der Waals surface area contributed by atoms with Crippen LogP contribution in [-0.2, 0) is 22.8 Å². The Labute approximate surface area is 89.8 Å². The van der Waals surface area contributed by atoms with Gasteiger partial charge in [-0.2, -0.15) is 0 Å². The van der Waals surface area contributed by atoms with Crippen molar-refractivity contribution in [3.05, 3.63) is 35.4 Å². The Balaban J connectivity index is 2.57. The molecule has 0 unspecified atom stereocenters. The van der Waals surface area contributed by atoms with Crippen molar-refractivity contribution in [2.75, 3.05) is 12.0 Å². The molecule has 84 valence electrons. The number of sulfone groups is 1. The van der Waals surface area contributed by atoms with Gasteiger partial charge in [-0.05, 0) is 17.5 Å². The molecule has 0 aliphatic carbocycles. The van der Waals surface area contributed by atoms with Crippen LogP contribution in [0.5, 0.6) is 0 Å². The second kappa shape index (κ2) is 5.25. The van der Waals surface area contributed by atoms with Gasteiger partial charge in [0.15, 0.2) is 0 Å². The molecule has 0 radical (unpaired) electrons. The Hall–Kier alpha value is -0.910. The monoisotopic (exact) mass is 229 g/mol. The third-order valence-corrected chi connectivity index (χ3v) is 3.01. The van der Waals surface area contributed by atoms with E-state index in [1.54, 1.807) is 0 Å². The van der Waals surface area contributed by atoms with E-state index in [-0.39, 0.29) is 5.75 Å². The van der Waals surface area contributed by atoms with E-state index >= 15 is 0 Å². The van der Waals surface area contributed by atoms with Crippen molar-refractivity contribution < 1.29 is 13.6 Å². The number of hydrogen-bond acceptors (Lipinski definition) is 4. The van der Waals surface area contributed by atoms with Gasteiger partial charge in [-0.15, -0.1) is 0 Å². The van der Waals surface area contributed by atoms with E-state index in [0.717, 1.165) is 11.1 Å². The molecule has 0 aliphatic heterocycles. The van der Waals surface area contributed by atoms with Crippen molar-refractivity contribution >= 4 is 9.84 Å². The summed E-state index contributed by atoms with van der Waals surface area (Å²) in [5.74, 6) is 0.171. The van der Waals surface area contributed by atoms with Gasteiger partial charge in [0.25, 0.3) is 0 Å². The van der Waals surface area contributed by atoms with Crippen LogP contribution in [0.2, 0.25) is 0 Å². The molecule has 0 fully saturated rings. The molecule has 0 heterocycles. The van der Waals surface area contributed by atoms with E-state index in [0.29, 0.717) is 13.0 Å². The SMILES string of the molecule is CS(=O)(=O)CCc1ccc(CNO)cc1. The lowest BCUT2D eigenvalue weighted by atomic mass is 10.1. The van der Waals surface area contributed by atoms with Crippen LogP contribution in [0, 0.1) is 0 Å². The second-order valence-electron chi connectivity index (χ2n) is 3.53. The van der Waals surface area contributed by atoms with Crippen LogP contribution in [0.25, 0.3) is 0 Å². The standard InChI is InChI=1S/C10H15NO3S/c1-15(13,14)7-6-9-2-4-10(5-3-9)8-11-12/h2-5,11-12H,6-8H2,1H3. The van der Waals surface area contributed by atoms with Gasteiger partial charge in [-0.3, -0.25) is 0 Å². The first-order valence-electron chi connectivity index (χ1n) is 4.64. The molecule has 0 atom stereocenters. The summed E-state index contributed by atoms with van der Waals surface area (Å²) in [7, 11) is -2.90. The molecule has 0 spiro atoms. The zero-order valence-electron chi connectivity index (χ0n) is 8.60.